The third-order valence-corrected chi connectivity index (χ3v) is 5.31. The molecular formula is C15H28N2S. The van der Waals surface area contributed by atoms with Crippen molar-refractivity contribution in [2.24, 2.45) is 4.99 Å². The molecule has 0 bridgehead atoms. The van der Waals surface area contributed by atoms with Crippen LogP contribution in [0.25, 0.3) is 0 Å². The van der Waals surface area contributed by atoms with Crippen LogP contribution in [0.3, 0.4) is 0 Å². The van der Waals surface area contributed by atoms with Gasteiger partial charge in [0.15, 0.2) is 5.17 Å². The number of hydrogen-bond acceptors (Lipinski definition) is 2. The van der Waals surface area contributed by atoms with Gasteiger partial charge in [0.2, 0.25) is 0 Å². The molecule has 2 unspecified atom stereocenters. The van der Waals surface area contributed by atoms with Crippen molar-refractivity contribution >= 4 is 16.9 Å². The molecule has 2 fully saturated rings. The Morgan fingerprint density at radius 3 is 2.33 bits per heavy atom. The van der Waals surface area contributed by atoms with Crippen LogP contribution in [-0.2, 0) is 0 Å². The number of nitrogens with zero attached hydrogens (tertiary/aromatic N) is 2. The quantitative estimate of drug-likeness (QED) is 0.742. The fourth-order valence-electron chi connectivity index (χ4n) is 3.15. The van der Waals surface area contributed by atoms with Crippen molar-refractivity contribution in [1.29, 1.82) is 0 Å². The lowest BCUT2D eigenvalue weighted by molar-refractivity contribution is 0.239. The lowest BCUT2D eigenvalue weighted by Gasteiger charge is -2.33. The van der Waals surface area contributed by atoms with Gasteiger partial charge < -0.3 is 4.90 Å². The highest BCUT2D eigenvalue weighted by Crippen LogP contribution is 2.40. The summed E-state index contributed by atoms with van der Waals surface area (Å²) < 4.78 is 0. The molecular weight excluding hydrogens is 240 g/mol. The minimum Gasteiger partial charge on any atom is -0.345 e. The van der Waals surface area contributed by atoms with Gasteiger partial charge in [-0.3, -0.25) is 4.99 Å². The highest BCUT2D eigenvalue weighted by Gasteiger charge is 2.39. The Labute approximate surface area is 117 Å². The zero-order valence-corrected chi connectivity index (χ0v) is 13.2. The number of fused-ring (bicyclic) bond motifs is 1. The Hall–Kier alpha value is -0.180. The molecule has 2 aliphatic rings. The van der Waals surface area contributed by atoms with Crippen molar-refractivity contribution in [3.63, 3.8) is 0 Å². The summed E-state index contributed by atoms with van der Waals surface area (Å²) in [6.07, 6.45) is 8.43. The Bertz CT molecular complexity index is 299. The molecule has 1 aliphatic heterocycles. The molecule has 1 aliphatic carbocycles. The lowest BCUT2D eigenvalue weighted by atomic mass is 9.95. The monoisotopic (exact) mass is 268 g/mol. The smallest absolute Gasteiger partial charge is 0.160 e. The fourth-order valence-corrected chi connectivity index (χ4v) is 4.87. The van der Waals surface area contributed by atoms with Gasteiger partial charge in [-0.25, -0.2) is 0 Å². The zero-order chi connectivity index (χ0) is 13.1. The summed E-state index contributed by atoms with van der Waals surface area (Å²) in [4.78, 5) is 7.48. The van der Waals surface area contributed by atoms with E-state index in [1.165, 1.54) is 43.7 Å². The van der Waals surface area contributed by atoms with Crippen molar-refractivity contribution < 1.29 is 0 Å². The molecule has 0 N–H and O–H groups in total. The molecule has 2 nitrogen and oxygen atoms in total. The summed E-state index contributed by atoms with van der Waals surface area (Å²) in [7, 11) is 0. The molecule has 2 rings (SSSR count). The molecule has 0 amide bonds. The molecule has 0 aromatic carbocycles. The highest BCUT2D eigenvalue weighted by atomic mass is 32.2. The van der Waals surface area contributed by atoms with Crippen molar-refractivity contribution in [2.45, 2.75) is 89.6 Å². The van der Waals surface area contributed by atoms with Gasteiger partial charge in [0, 0.05) is 23.4 Å². The summed E-state index contributed by atoms with van der Waals surface area (Å²) in [5, 5.41) is 2.11. The van der Waals surface area contributed by atoms with E-state index >= 15 is 0 Å². The van der Waals surface area contributed by atoms with Crippen molar-refractivity contribution in [2.75, 3.05) is 0 Å². The molecule has 1 saturated heterocycles. The number of rotatable bonds is 2. The van der Waals surface area contributed by atoms with E-state index in [0.717, 1.165) is 11.3 Å². The average Bonchev–Trinajstić information content (AvgIpc) is 2.55. The van der Waals surface area contributed by atoms with Crippen LogP contribution in [0, 0.1) is 0 Å². The van der Waals surface area contributed by atoms with E-state index in [0.29, 0.717) is 12.1 Å². The van der Waals surface area contributed by atoms with Gasteiger partial charge in [0.25, 0.3) is 0 Å². The molecule has 1 heterocycles. The molecule has 2 atom stereocenters. The summed E-state index contributed by atoms with van der Waals surface area (Å²) in [5.41, 5.74) is 0. The van der Waals surface area contributed by atoms with E-state index in [1.54, 1.807) is 0 Å². The van der Waals surface area contributed by atoms with Gasteiger partial charge >= 0.3 is 0 Å². The Kier molecular flexibility index (Phi) is 4.99. The number of aliphatic imine (C=N–C) groups is 1. The van der Waals surface area contributed by atoms with Crippen molar-refractivity contribution in [1.82, 2.24) is 4.90 Å². The van der Waals surface area contributed by atoms with Crippen LogP contribution in [0.15, 0.2) is 4.99 Å². The fraction of sp³-hybridized carbons (Fsp3) is 0.933. The lowest BCUT2D eigenvalue weighted by Crippen LogP contribution is -2.42. The molecule has 104 valence electrons. The maximum atomic E-state index is 4.87. The first-order valence-corrected chi connectivity index (χ1v) is 8.50. The normalized spacial score (nSPS) is 31.9. The number of amidine groups is 1. The first kappa shape index (κ1) is 14.2. The van der Waals surface area contributed by atoms with Crippen LogP contribution < -0.4 is 0 Å². The predicted molar refractivity (Wildman–Crippen MR) is 82.4 cm³/mol. The first-order chi connectivity index (χ1) is 8.59. The molecule has 0 spiro atoms. The first-order valence-electron chi connectivity index (χ1n) is 7.62. The van der Waals surface area contributed by atoms with Gasteiger partial charge in [0.05, 0.1) is 0 Å². The largest absolute Gasteiger partial charge is 0.345 e. The van der Waals surface area contributed by atoms with Gasteiger partial charge in [-0.1, -0.05) is 37.4 Å². The summed E-state index contributed by atoms with van der Waals surface area (Å²) >= 11 is 2.06. The van der Waals surface area contributed by atoms with Crippen molar-refractivity contribution in [3.05, 3.63) is 0 Å². The number of thioether (sulfide) groups is 1. The molecule has 0 radical (unpaired) electrons. The van der Waals surface area contributed by atoms with Crippen LogP contribution in [-0.4, -0.2) is 33.4 Å². The van der Waals surface area contributed by atoms with E-state index in [4.69, 9.17) is 4.99 Å². The maximum Gasteiger partial charge on any atom is 0.160 e. The molecule has 0 aromatic heterocycles. The zero-order valence-electron chi connectivity index (χ0n) is 12.4. The molecule has 0 aromatic rings. The molecule has 1 saturated carbocycles. The third kappa shape index (κ3) is 3.23. The summed E-state index contributed by atoms with van der Waals surface area (Å²) in [6, 6.07) is 1.75. The Morgan fingerprint density at radius 1 is 1.06 bits per heavy atom. The summed E-state index contributed by atoms with van der Waals surface area (Å²) in [5.74, 6) is 0. The Balaban J connectivity index is 2.18. The van der Waals surface area contributed by atoms with Crippen LogP contribution in [0.2, 0.25) is 0 Å². The van der Waals surface area contributed by atoms with Gasteiger partial charge in [0.1, 0.15) is 0 Å². The SMILES string of the molecule is CC(C)/N=C1\SC2CCCCCCC2N1C(C)C. The van der Waals surface area contributed by atoms with Crippen LogP contribution in [0.4, 0.5) is 0 Å². The van der Waals surface area contributed by atoms with E-state index in [2.05, 4.69) is 44.4 Å². The van der Waals surface area contributed by atoms with Crippen LogP contribution in [0.5, 0.6) is 0 Å². The minimum absolute atomic E-state index is 0.415. The van der Waals surface area contributed by atoms with Crippen LogP contribution >= 0.6 is 11.8 Å². The Morgan fingerprint density at radius 2 is 1.72 bits per heavy atom. The van der Waals surface area contributed by atoms with Gasteiger partial charge in [-0.2, -0.15) is 0 Å². The highest BCUT2D eigenvalue weighted by molar-refractivity contribution is 8.14. The van der Waals surface area contributed by atoms with Gasteiger partial charge in [-0.05, 0) is 40.5 Å². The van der Waals surface area contributed by atoms with E-state index in [9.17, 15) is 0 Å². The average molecular weight is 268 g/mol. The topological polar surface area (TPSA) is 15.6 Å². The second-order valence-corrected chi connectivity index (χ2v) is 7.43. The molecule has 3 heteroatoms. The second-order valence-electron chi connectivity index (χ2n) is 6.22. The number of hydrogen-bond donors (Lipinski definition) is 0. The van der Waals surface area contributed by atoms with Crippen molar-refractivity contribution in [3.8, 4) is 0 Å². The predicted octanol–water partition coefficient (Wildman–Crippen LogP) is 4.30. The maximum absolute atomic E-state index is 4.87. The standard InChI is InChI=1S/C15H28N2S/c1-11(2)16-15-17(12(3)4)13-9-7-5-6-8-10-14(13)18-15/h11-14H,5-10H2,1-4H3/b16-15-. The molecule has 18 heavy (non-hydrogen) atoms. The van der Waals surface area contributed by atoms with E-state index in [1.807, 2.05) is 0 Å². The van der Waals surface area contributed by atoms with E-state index < -0.39 is 0 Å². The summed E-state index contributed by atoms with van der Waals surface area (Å²) in [6.45, 7) is 9.01. The van der Waals surface area contributed by atoms with Crippen LogP contribution in [0.1, 0.15) is 66.2 Å². The third-order valence-electron chi connectivity index (χ3n) is 3.93. The van der Waals surface area contributed by atoms with Gasteiger partial charge in [-0.15, -0.1) is 0 Å². The second kappa shape index (κ2) is 6.31. The minimum atomic E-state index is 0.415. The van der Waals surface area contributed by atoms with E-state index in [-0.39, 0.29) is 0 Å².